The Morgan fingerprint density at radius 3 is 2.47 bits per heavy atom. The topological polar surface area (TPSA) is 103 Å². The third-order valence-electron chi connectivity index (χ3n) is 4.61. The number of rotatable bonds is 5. The lowest BCUT2D eigenvalue weighted by Gasteiger charge is -2.10. The van der Waals surface area contributed by atoms with E-state index in [1.165, 1.54) is 30.6 Å². The minimum absolute atomic E-state index is 0.266. The number of nitrogens with zero attached hydrogens (tertiary/aromatic N) is 3. The van der Waals surface area contributed by atoms with Gasteiger partial charge >= 0.3 is 5.97 Å². The van der Waals surface area contributed by atoms with Gasteiger partial charge in [0.2, 0.25) is 5.91 Å². The van der Waals surface area contributed by atoms with Gasteiger partial charge in [0.25, 0.3) is 5.56 Å². The van der Waals surface area contributed by atoms with E-state index in [0.29, 0.717) is 26.7 Å². The van der Waals surface area contributed by atoms with Crippen LogP contribution in [0.3, 0.4) is 0 Å². The van der Waals surface area contributed by atoms with E-state index in [1.807, 2.05) is 6.92 Å². The van der Waals surface area contributed by atoms with Crippen molar-refractivity contribution in [2.75, 3.05) is 12.4 Å². The number of thiazole rings is 1. The number of carbonyl (C=O) groups is 2. The van der Waals surface area contributed by atoms with E-state index in [9.17, 15) is 14.4 Å². The zero-order valence-corrected chi connectivity index (χ0v) is 18.7. The van der Waals surface area contributed by atoms with Gasteiger partial charge in [-0.1, -0.05) is 23.7 Å². The molecule has 2 aromatic heterocycles. The maximum Gasteiger partial charge on any atom is 0.337 e. The average Bonchev–Trinajstić information content (AvgIpc) is 3.18. The minimum atomic E-state index is -0.472. The molecule has 162 valence electrons. The summed E-state index contributed by atoms with van der Waals surface area (Å²) in [4.78, 5) is 41.4. The SMILES string of the molecule is COC(=O)c1ccc(NC(=O)Cn2nc(-c3ccc(Cl)cc3)c3sc(C)nc3c2=O)cc1. The summed E-state index contributed by atoms with van der Waals surface area (Å²) in [6.07, 6.45) is 0. The first kappa shape index (κ1) is 21.7. The van der Waals surface area contributed by atoms with Crippen molar-refractivity contribution in [1.29, 1.82) is 0 Å². The van der Waals surface area contributed by atoms with Gasteiger partial charge in [0.15, 0.2) is 5.52 Å². The molecule has 0 spiro atoms. The molecular weight excluding hydrogens is 452 g/mol. The Labute approximate surface area is 191 Å². The number of aryl methyl sites for hydroxylation is 1. The standard InChI is InChI=1S/C22H17ClN4O4S/c1-12-24-19-20(32-12)18(13-3-7-15(23)8-4-13)26-27(21(19)29)11-17(28)25-16-9-5-14(6-10-16)22(30)31-2/h3-10H,11H2,1-2H3,(H,25,28). The predicted octanol–water partition coefficient (Wildman–Crippen LogP) is 3.91. The fourth-order valence-electron chi connectivity index (χ4n) is 3.11. The van der Waals surface area contributed by atoms with Crippen LogP contribution in [0.25, 0.3) is 21.5 Å². The van der Waals surface area contributed by atoms with Crippen LogP contribution in [0.1, 0.15) is 15.4 Å². The van der Waals surface area contributed by atoms with Crippen LogP contribution in [-0.4, -0.2) is 33.8 Å². The van der Waals surface area contributed by atoms with E-state index in [0.717, 1.165) is 15.3 Å². The number of halogens is 1. The molecule has 0 radical (unpaired) electrons. The molecule has 0 saturated heterocycles. The lowest BCUT2D eigenvalue weighted by atomic mass is 10.1. The summed E-state index contributed by atoms with van der Waals surface area (Å²) in [6.45, 7) is 1.51. The van der Waals surface area contributed by atoms with Gasteiger partial charge in [0.1, 0.15) is 12.2 Å². The number of esters is 1. The highest BCUT2D eigenvalue weighted by atomic mass is 35.5. The summed E-state index contributed by atoms with van der Waals surface area (Å²) in [7, 11) is 1.29. The molecule has 4 rings (SSSR count). The number of anilines is 1. The minimum Gasteiger partial charge on any atom is -0.465 e. The monoisotopic (exact) mass is 468 g/mol. The number of methoxy groups -OCH3 is 1. The van der Waals surface area contributed by atoms with E-state index in [1.54, 1.807) is 36.4 Å². The molecule has 8 nitrogen and oxygen atoms in total. The fraction of sp³-hybridized carbons (Fsp3) is 0.136. The largest absolute Gasteiger partial charge is 0.465 e. The lowest BCUT2D eigenvalue weighted by Crippen LogP contribution is -2.30. The zero-order chi connectivity index (χ0) is 22.8. The van der Waals surface area contributed by atoms with Crippen LogP contribution < -0.4 is 10.9 Å². The maximum absolute atomic E-state index is 12.9. The number of carbonyl (C=O) groups excluding carboxylic acids is 2. The summed E-state index contributed by atoms with van der Waals surface area (Å²) in [5.41, 5.74) is 1.97. The van der Waals surface area contributed by atoms with Gasteiger partial charge in [-0.25, -0.2) is 14.5 Å². The highest BCUT2D eigenvalue weighted by molar-refractivity contribution is 7.19. The number of hydrogen-bond acceptors (Lipinski definition) is 7. The summed E-state index contributed by atoms with van der Waals surface area (Å²) >= 11 is 7.36. The van der Waals surface area contributed by atoms with E-state index in [4.69, 9.17) is 11.6 Å². The Kier molecular flexibility index (Phi) is 6.02. The van der Waals surface area contributed by atoms with Crippen LogP contribution >= 0.6 is 22.9 Å². The molecule has 0 aliphatic heterocycles. The molecule has 0 saturated carbocycles. The first-order valence-corrected chi connectivity index (χ1v) is 10.7. The zero-order valence-electron chi connectivity index (χ0n) is 17.1. The second-order valence-electron chi connectivity index (χ2n) is 6.85. The first-order chi connectivity index (χ1) is 15.4. The van der Waals surface area contributed by atoms with Crippen LogP contribution in [0.4, 0.5) is 5.69 Å². The summed E-state index contributed by atoms with van der Waals surface area (Å²) in [6, 6.07) is 13.3. The molecule has 2 aromatic carbocycles. The Balaban J connectivity index is 1.64. The number of aromatic nitrogens is 3. The Morgan fingerprint density at radius 2 is 1.81 bits per heavy atom. The van der Waals surface area contributed by atoms with E-state index < -0.39 is 17.4 Å². The Bertz CT molecular complexity index is 1380. The van der Waals surface area contributed by atoms with Crippen molar-refractivity contribution in [2.45, 2.75) is 13.5 Å². The van der Waals surface area contributed by atoms with E-state index >= 15 is 0 Å². The van der Waals surface area contributed by atoms with Crippen molar-refractivity contribution in [1.82, 2.24) is 14.8 Å². The highest BCUT2D eigenvalue weighted by Gasteiger charge is 2.18. The van der Waals surface area contributed by atoms with Crippen LogP contribution in [-0.2, 0) is 16.1 Å². The second kappa shape index (κ2) is 8.89. The number of ether oxygens (including phenoxy) is 1. The molecule has 10 heteroatoms. The Hall–Kier alpha value is -3.56. The molecule has 0 aliphatic rings. The number of hydrogen-bond donors (Lipinski definition) is 1. The van der Waals surface area contributed by atoms with Gasteiger partial charge in [0.05, 0.1) is 22.4 Å². The molecule has 0 unspecified atom stereocenters. The van der Waals surface area contributed by atoms with Crippen LogP contribution in [0.2, 0.25) is 5.02 Å². The normalized spacial score (nSPS) is 10.8. The van der Waals surface area contributed by atoms with Crippen molar-refractivity contribution in [3.8, 4) is 11.3 Å². The average molecular weight is 469 g/mol. The highest BCUT2D eigenvalue weighted by Crippen LogP contribution is 2.30. The third-order valence-corrected chi connectivity index (χ3v) is 5.84. The molecule has 4 aromatic rings. The molecule has 2 heterocycles. The van der Waals surface area contributed by atoms with Crippen LogP contribution in [0.15, 0.2) is 53.3 Å². The van der Waals surface area contributed by atoms with E-state index in [-0.39, 0.29) is 12.1 Å². The third kappa shape index (κ3) is 4.39. The fourth-order valence-corrected chi connectivity index (χ4v) is 4.16. The van der Waals surface area contributed by atoms with Crippen molar-refractivity contribution in [3.05, 3.63) is 74.5 Å². The molecule has 0 atom stereocenters. The van der Waals surface area contributed by atoms with Crippen molar-refractivity contribution < 1.29 is 14.3 Å². The molecule has 1 amide bonds. The van der Waals surface area contributed by atoms with E-state index in [2.05, 4.69) is 20.1 Å². The van der Waals surface area contributed by atoms with Gasteiger partial charge in [0, 0.05) is 16.3 Å². The molecule has 0 bridgehead atoms. The van der Waals surface area contributed by atoms with Gasteiger partial charge in [-0.3, -0.25) is 9.59 Å². The molecular formula is C22H17ClN4O4S. The van der Waals surface area contributed by atoms with Crippen LogP contribution in [0, 0.1) is 6.92 Å². The quantitative estimate of drug-likeness (QED) is 0.445. The lowest BCUT2D eigenvalue weighted by molar-refractivity contribution is -0.117. The summed E-state index contributed by atoms with van der Waals surface area (Å²) in [5, 5.41) is 8.45. The van der Waals surface area contributed by atoms with Gasteiger partial charge in [-0.05, 0) is 43.3 Å². The number of nitrogens with one attached hydrogen (secondary N) is 1. The number of amides is 1. The van der Waals surface area contributed by atoms with Gasteiger partial charge in [-0.2, -0.15) is 5.10 Å². The second-order valence-corrected chi connectivity index (χ2v) is 8.49. The first-order valence-electron chi connectivity index (χ1n) is 9.48. The molecule has 32 heavy (non-hydrogen) atoms. The number of benzene rings is 2. The Morgan fingerprint density at radius 1 is 1.12 bits per heavy atom. The summed E-state index contributed by atoms with van der Waals surface area (Å²) < 4.78 is 6.41. The maximum atomic E-state index is 12.9. The molecule has 0 fully saturated rings. The number of fused-ring (bicyclic) bond motifs is 1. The van der Waals surface area contributed by atoms with Crippen LogP contribution in [0.5, 0.6) is 0 Å². The van der Waals surface area contributed by atoms with Crippen molar-refractivity contribution in [3.63, 3.8) is 0 Å². The molecule has 0 aliphatic carbocycles. The summed E-state index contributed by atoms with van der Waals surface area (Å²) in [5.74, 6) is -0.918. The van der Waals surface area contributed by atoms with Crippen molar-refractivity contribution >= 4 is 50.7 Å². The van der Waals surface area contributed by atoms with Crippen molar-refractivity contribution in [2.24, 2.45) is 0 Å². The smallest absolute Gasteiger partial charge is 0.337 e. The van der Waals surface area contributed by atoms with Gasteiger partial charge in [-0.15, -0.1) is 11.3 Å². The predicted molar refractivity (Wildman–Crippen MR) is 123 cm³/mol. The van der Waals surface area contributed by atoms with Gasteiger partial charge < -0.3 is 10.1 Å². The molecule has 1 N–H and O–H groups in total.